The molecule has 1 heterocycles. The minimum Gasteiger partial charge on any atom is -0.496 e. The van der Waals surface area contributed by atoms with Crippen LogP contribution in [0.3, 0.4) is 0 Å². The summed E-state index contributed by atoms with van der Waals surface area (Å²) in [5, 5.41) is 0. The molecular weight excluding hydrogens is 250 g/mol. The van der Waals surface area contributed by atoms with Crippen molar-refractivity contribution in [3.05, 3.63) is 29.3 Å². The van der Waals surface area contributed by atoms with Crippen molar-refractivity contribution in [2.24, 2.45) is 0 Å². The van der Waals surface area contributed by atoms with Gasteiger partial charge >= 0.3 is 0 Å². The van der Waals surface area contributed by atoms with E-state index < -0.39 is 0 Å². The van der Waals surface area contributed by atoms with Crippen LogP contribution in [-0.2, 0) is 0 Å². The van der Waals surface area contributed by atoms with E-state index in [-0.39, 0.29) is 11.9 Å². The predicted octanol–water partition coefficient (Wildman–Crippen LogP) is 2.85. The molecule has 0 saturated carbocycles. The van der Waals surface area contributed by atoms with Crippen LogP contribution in [0.4, 0.5) is 0 Å². The van der Waals surface area contributed by atoms with Gasteiger partial charge in [0, 0.05) is 18.5 Å². The van der Waals surface area contributed by atoms with E-state index >= 15 is 0 Å². The molecule has 1 amide bonds. The molecule has 1 aromatic carbocycles. The van der Waals surface area contributed by atoms with Gasteiger partial charge in [-0.15, -0.1) is 11.6 Å². The first-order chi connectivity index (χ1) is 8.67. The highest BCUT2D eigenvalue weighted by molar-refractivity contribution is 6.18. The molecule has 18 heavy (non-hydrogen) atoms. The van der Waals surface area contributed by atoms with Crippen LogP contribution in [0.25, 0.3) is 0 Å². The highest BCUT2D eigenvalue weighted by Gasteiger charge is 2.30. The number of nitrogens with zero attached hydrogens (tertiary/aromatic N) is 1. The molecule has 1 aliphatic rings. The normalized spacial score (nSPS) is 19.1. The molecule has 3 nitrogen and oxygen atoms in total. The third kappa shape index (κ3) is 2.46. The first-order valence-electron chi connectivity index (χ1n) is 6.19. The van der Waals surface area contributed by atoms with Crippen molar-refractivity contribution in [3.63, 3.8) is 0 Å². The molecule has 4 heteroatoms. The third-order valence-electron chi connectivity index (χ3n) is 3.40. The molecule has 1 saturated heterocycles. The molecule has 1 atom stereocenters. The second-order valence-corrected chi connectivity index (χ2v) is 4.96. The minimum absolute atomic E-state index is 0.0266. The summed E-state index contributed by atoms with van der Waals surface area (Å²) in [5.74, 6) is 1.16. The van der Waals surface area contributed by atoms with E-state index in [0.717, 1.165) is 24.9 Å². The summed E-state index contributed by atoms with van der Waals surface area (Å²) >= 11 is 5.91. The van der Waals surface area contributed by atoms with Crippen LogP contribution in [0.1, 0.15) is 28.8 Å². The van der Waals surface area contributed by atoms with E-state index in [1.807, 2.05) is 30.0 Å². The number of carbonyl (C=O) groups is 1. The van der Waals surface area contributed by atoms with Gasteiger partial charge in [-0.1, -0.05) is 11.6 Å². The monoisotopic (exact) mass is 267 g/mol. The maximum absolute atomic E-state index is 12.5. The van der Waals surface area contributed by atoms with Crippen LogP contribution < -0.4 is 4.74 Å². The van der Waals surface area contributed by atoms with Crippen LogP contribution in [-0.4, -0.2) is 36.4 Å². The number of halogens is 1. The zero-order valence-corrected chi connectivity index (χ0v) is 11.5. The Hall–Kier alpha value is -1.22. The van der Waals surface area contributed by atoms with Gasteiger partial charge in [-0.05, 0) is 31.9 Å². The summed E-state index contributed by atoms with van der Waals surface area (Å²) in [6.45, 7) is 2.76. The summed E-state index contributed by atoms with van der Waals surface area (Å²) in [4.78, 5) is 14.4. The fourth-order valence-corrected chi connectivity index (χ4v) is 2.73. The second kappa shape index (κ2) is 5.61. The molecule has 0 spiro atoms. The number of amides is 1. The van der Waals surface area contributed by atoms with Gasteiger partial charge in [0.15, 0.2) is 0 Å². The lowest BCUT2D eigenvalue weighted by Gasteiger charge is -2.24. The summed E-state index contributed by atoms with van der Waals surface area (Å²) in [6.07, 6.45) is 2.01. The molecule has 0 aliphatic carbocycles. The lowest BCUT2D eigenvalue weighted by molar-refractivity contribution is 0.0745. The van der Waals surface area contributed by atoms with Crippen molar-refractivity contribution >= 4 is 17.5 Å². The number of rotatable bonds is 3. The van der Waals surface area contributed by atoms with Gasteiger partial charge < -0.3 is 9.64 Å². The van der Waals surface area contributed by atoms with Crippen LogP contribution >= 0.6 is 11.6 Å². The van der Waals surface area contributed by atoms with Crippen molar-refractivity contribution in [2.75, 3.05) is 19.5 Å². The standard InChI is InChI=1S/C14H18ClNO2/c1-10-5-6-13(18-2)12(8-10)14(17)16-7-3-4-11(16)9-15/h5-6,8,11H,3-4,7,9H2,1-2H3. The number of aryl methyl sites for hydroxylation is 1. The molecule has 2 rings (SSSR count). The number of ether oxygens (including phenoxy) is 1. The molecule has 1 fully saturated rings. The topological polar surface area (TPSA) is 29.5 Å². The van der Waals surface area contributed by atoms with Crippen LogP contribution in [0.15, 0.2) is 18.2 Å². The molecular formula is C14H18ClNO2. The van der Waals surface area contributed by atoms with Gasteiger partial charge in [0.2, 0.25) is 0 Å². The average Bonchev–Trinajstić information content (AvgIpc) is 2.86. The van der Waals surface area contributed by atoms with Crippen LogP contribution in [0, 0.1) is 6.92 Å². The van der Waals surface area contributed by atoms with Crippen molar-refractivity contribution in [2.45, 2.75) is 25.8 Å². The lowest BCUT2D eigenvalue weighted by Crippen LogP contribution is -2.36. The Balaban J connectivity index is 2.30. The zero-order valence-electron chi connectivity index (χ0n) is 10.8. The molecule has 1 aromatic rings. The van der Waals surface area contributed by atoms with Crippen LogP contribution in [0.2, 0.25) is 0 Å². The Morgan fingerprint density at radius 3 is 3.00 bits per heavy atom. The van der Waals surface area contributed by atoms with Crippen molar-refractivity contribution < 1.29 is 9.53 Å². The van der Waals surface area contributed by atoms with Crippen molar-refractivity contribution in [1.29, 1.82) is 0 Å². The Morgan fingerprint density at radius 2 is 2.33 bits per heavy atom. The first kappa shape index (κ1) is 13.2. The molecule has 1 unspecified atom stereocenters. The highest BCUT2D eigenvalue weighted by atomic mass is 35.5. The molecule has 98 valence electrons. The largest absolute Gasteiger partial charge is 0.496 e. The van der Waals surface area contributed by atoms with E-state index in [1.54, 1.807) is 7.11 Å². The fourth-order valence-electron chi connectivity index (χ4n) is 2.41. The van der Waals surface area contributed by atoms with Gasteiger partial charge in [0.05, 0.1) is 12.7 Å². The quantitative estimate of drug-likeness (QED) is 0.788. The van der Waals surface area contributed by atoms with Crippen molar-refractivity contribution in [3.8, 4) is 5.75 Å². The second-order valence-electron chi connectivity index (χ2n) is 4.65. The Kier molecular flexibility index (Phi) is 4.12. The number of carbonyl (C=O) groups excluding carboxylic acids is 1. The van der Waals surface area contributed by atoms with Gasteiger partial charge in [-0.2, -0.15) is 0 Å². The Labute approximate surface area is 113 Å². The summed E-state index contributed by atoms with van der Waals surface area (Å²) in [5.41, 5.74) is 1.69. The Morgan fingerprint density at radius 1 is 1.56 bits per heavy atom. The third-order valence-corrected chi connectivity index (χ3v) is 3.76. The van der Waals surface area contributed by atoms with E-state index in [2.05, 4.69) is 0 Å². The molecule has 1 aliphatic heterocycles. The smallest absolute Gasteiger partial charge is 0.257 e. The molecule has 0 bridgehead atoms. The number of hydrogen-bond acceptors (Lipinski definition) is 2. The Bertz CT molecular complexity index is 447. The first-order valence-corrected chi connectivity index (χ1v) is 6.72. The number of benzene rings is 1. The fraction of sp³-hybridized carbons (Fsp3) is 0.500. The summed E-state index contributed by atoms with van der Waals surface area (Å²) in [7, 11) is 1.59. The lowest BCUT2D eigenvalue weighted by atomic mass is 10.1. The SMILES string of the molecule is COc1ccc(C)cc1C(=O)N1CCCC1CCl. The zero-order chi connectivity index (χ0) is 13.1. The summed E-state index contributed by atoms with van der Waals surface area (Å²) in [6, 6.07) is 5.82. The molecule has 0 N–H and O–H groups in total. The summed E-state index contributed by atoms with van der Waals surface area (Å²) < 4.78 is 5.27. The predicted molar refractivity (Wildman–Crippen MR) is 72.5 cm³/mol. The van der Waals surface area contributed by atoms with Gasteiger partial charge in [-0.3, -0.25) is 4.79 Å². The number of likely N-dealkylation sites (tertiary alicyclic amines) is 1. The van der Waals surface area contributed by atoms with Gasteiger partial charge in [-0.25, -0.2) is 0 Å². The number of alkyl halides is 1. The molecule has 0 aromatic heterocycles. The maximum Gasteiger partial charge on any atom is 0.257 e. The average molecular weight is 268 g/mol. The maximum atomic E-state index is 12.5. The van der Waals surface area contributed by atoms with Gasteiger partial charge in [0.1, 0.15) is 5.75 Å². The number of methoxy groups -OCH3 is 1. The van der Waals surface area contributed by atoms with E-state index in [9.17, 15) is 4.79 Å². The number of hydrogen-bond donors (Lipinski definition) is 0. The minimum atomic E-state index is 0.0266. The van der Waals surface area contributed by atoms with Gasteiger partial charge in [0.25, 0.3) is 5.91 Å². The molecule has 0 radical (unpaired) electrons. The van der Waals surface area contributed by atoms with Crippen LogP contribution in [0.5, 0.6) is 5.75 Å². The highest BCUT2D eigenvalue weighted by Crippen LogP contribution is 2.26. The van der Waals surface area contributed by atoms with E-state index in [4.69, 9.17) is 16.3 Å². The van der Waals surface area contributed by atoms with E-state index in [0.29, 0.717) is 17.2 Å². The van der Waals surface area contributed by atoms with E-state index in [1.165, 1.54) is 0 Å². The van der Waals surface area contributed by atoms with Crippen molar-refractivity contribution in [1.82, 2.24) is 4.90 Å².